The summed E-state index contributed by atoms with van der Waals surface area (Å²) in [4.78, 5) is 8.32. The molecule has 0 saturated heterocycles. The zero-order chi connectivity index (χ0) is 20.8. The first-order valence-corrected chi connectivity index (χ1v) is 9.40. The fraction of sp³-hybridized carbons (Fsp3) is 0.217. The molecule has 6 heteroatoms. The Labute approximate surface area is 168 Å². The SMILES string of the molecule is CC(O)CCCC=Cc1ccc(-c2ncc(-c3ccc(O)cc3)cn2)c(F)c1F. The van der Waals surface area contributed by atoms with Gasteiger partial charge in [0.1, 0.15) is 5.75 Å². The number of aromatic hydroxyl groups is 1. The van der Waals surface area contributed by atoms with Crippen molar-refractivity contribution >= 4 is 6.08 Å². The van der Waals surface area contributed by atoms with Gasteiger partial charge in [0, 0.05) is 23.5 Å². The van der Waals surface area contributed by atoms with Crippen LogP contribution in [0.2, 0.25) is 0 Å². The van der Waals surface area contributed by atoms with Gasteiger partial charge in [-0.15, -0.1) is 0 Å². The molecule has 1 heterocycles. The van der Waals surface area contributed by atoms with Gasteiger partial charge in [0.25, 0.3) is 0 Å². The molecule has 0 spiro atoms. The summed E-state index contributed by atoms with van der Waals surface area (Å²) in [5, 5.41) is 18.6. The Kier molecular flexibility index (Phi) is 6.67. The maximum absolute atomic E-state index is 14.5. The molecule has 1 aromatic heterocycles. The van der Waals surface area contributed by atoms with E-state index in [-0.39, 0.29) is 28.8 Å². The van der Waals surface area contributed by atoms with Crippen molar-refractivity contribution in [3.8, 4) is 28.3 Å². The molecule has 2 N–H and O–H groups in total. The molecular formula is C23H22F2N2O2. The Bertz CT molecular complexity index is 985. The number of hydrogen-bond acceptors (Lipinski definition) is 4. The molecule has 1 atom stereocenters. The highest BCUT2D eigenvalue weighted by Gasteiger charge is 2.15. The molecular weight excluding hydrogens is 374 g/mol. The van der Waals surface area contributed by atoms with E-state index in [0.29, 0.717) is 18.4 Å². The number of unbranched alkanes of at least 4 members (excludes halogenated alkanes) is 1. The minimum absolute atomic E-state index is 0.00832. The Hall–Kier alpha value is -3.12. The molecule has 3 rings (SSSR count). The Morgan fingerprint density at radius 3 is 2.31 bits per heavy atom. The summed E-state index contributed by atoms with van der Waals surface area (Å²) in [5.74, 6) is -1.69. The lowest BCUT2D eigenvalue weighted by Crippen LogP contribution is -1.98. The molecule has 0 aliphatic heterocycles. The third-order valence-electron chi connectivity index (χ3n) is 4.50. The Morgan fingerprint density at radius 2 is 1.66 bits per heavy atom. The lowest BCUT2D eigenvalue weighted by molar-refractivity contribution is 0.182. The van der Waals surface area contributed by atoms with Crippen LogP contribution in [0.3, 0.4) is 0 Å². The van der Waals surface area contributed by atoms with E-state index in [1.807, 2.05) is 0 Å². The zero-order valence-corrected chi connectivity index (χ0v) is 16.0. The highest BCUT2D eigenvalue weighted by Crippen LogP contribution is 2.26. The van der Waals surface area contributed by atoms with Crippen LogP contribution in [0.15, 0.2) is 54.9 Å². The zero-order valence-electron chi connectivity index (χ0n) is 16.0. The highest BCUT2D eigenvalue weighted by molar-refractivity contribution is 5.65. The van der Waals surface area contributed by atoms with Crippen molar-refractivity contribution in [1.29, 1.82) is 0 Å². The van der Waals surface area contributed by atoms with E-state index in [2.05, 4.69) is 9.97 Å². The number of benzene rings is 2. The molecule has 3 aromatic rings. The van der Waals surface area contributed by atoms with Crippen LogP contribution in [0.4, 0.5) is 8.78 Å². The molecule has 150 valence electrons. The first-order chi connectivity index (χ1) is 14.0. The molecule has 2 aromatic carbocycles. The normalized spacial score (nSPS) is 12.4. The fourth-order valence-electron chi connectivity index (χ4n) is 2.88. The number of aliphatic hydroxyl groups is 1. The smallest absolute Gasteiger partial charge is 0.170 e. The molecule has 0 bridgehead atoms. The number of allylic oxidation sites excluding steroid dienone is 1. The molecule has 0 amide bonds. The largest absolute Gasteiger partial charge is 0.508 e. The Balaban J connectivity index is 1.76. The van der Waals surface area contributed by atoms with E-state index in [1.165, 1.54) is 24.5 Å². The van der Waals surface area contributed by atoms with Crippen LogP contribution >= 0.6 is 0 Å². The standard InChI is InChI=1S/C23H22F2N2O2/c1-15(28)5-3-2-4-6-17-9-12-20(22(25)21(17)24)23-26-13-18(14-27-23)16-7-10-19(29)11-8-16/h4,6-15,28-29H,2-3,5H2,1H3. The van der Waals surface area contributed by atoms with Crippen molar-refractivity contribution in [3.63, 3.8) is 0 Å². The average molecular weight is 396 g/mol. The van der Waals surface area contributed by atoms with Gasteiger partial charge in [-0.25, -0.2) is 18.7 Å². The first kappa shape index (κ1) is 20.6. The molecule has 0 radical (unpaired) electrons. The van der Waals surface area contributed by atoms with Crippen molar-refractivity contribution in [2.45, 2.75) is 32.3 Å². The lowest BCUT2D eigenvalue weighted by atomic mass is 10.1. The van der Waals surface area contributed by atoms with Gasteiger partial charge in [-0.1, -0.05) is 30.4 Å². The average Bonchev–Trinajstić information content (AvgIpc) is 2.71. The van der Waals surface area contributed by atoms with E-state index in [1.54, 1.807) is 43.3 Å². The fourth-order valence-corrected chi connectivity index (χ4v) is 2.88. The number of phenols is 1. The second-order valence-corrected chi connectivity index (χ2v) is 6.85. The minimum Gasteiger partial charge on any atom is -0.508 e. The predicted molar refractivity (Wildman–Crippen MR) is 109 cm³/mol. The molecule has 4 nitrogen and oxygen atoms in total. The van der Waals surface area contributed by atoms with E-state index in [9.17, 15) is 19.0 Å². The maximum atomic E-state index is 14.5. The van der Waals surface area contributed by atoms with Gasteiger partial charge in [0.2, 0.25) is 0 Å². The summed E-state index contributed by atoms with van der Waals surface area (Å²) in [7, 11) is 0. The highest BCUT2D eigenvalue weighted by atomic mass is 19.2. The summed E-state index contributed by atoms with van der Waals surface area (Å²) in [5.41, 5.74) is 1.65. The summed E-state index contributed by atoms with van der Waals surface area (Å²) >= 11 is 0. The maximum Gasteiger partial charge on any atom is 0.170 e. The molecule has 1 unspecified atom stereocenters. The van der Waals surface area contributed by atoms with Crippen LogP contribution in [-0.2, 0) is 0 Å². The van der Waals surface area contributed by atoms with Crippen molar-refractivity contribution < 1.29 is 19.0 Å². The van der Waals surface area contributed by atoms with E-state index in [4.69, 9.17) is 0 Å². The van der Waals surface area contributed by atoms with Crippen molar-refractivity contribution in [3.05, 3.63) is 72.1 Å². The number of rotatable bonds is 7. The first-order valence-electron chi connectivity index (χ1n) is 9.40. The van der Waals surface area contributed by atoms with Gasteiger partial charge in [-0.3, -0.25) is 0 Å². The number of nitrogens with zero attached hydrogens (tertiary/aromatic N) is 2. The van der Waals surface area contributed by atoms with Gasteiger partial charge in [-0.05, 0) is 49.9 Å². The number of phenolic OH excluding ortho intramolecular Hbond substituents is 1. The van der Waals surface area contributed by atoms with Crippen LogP contribution < -0.4 is 0 Å². The molecule has 0 aliphatic carbocycles. The summed E-state index contributed by atoms with van der Waals surface area (Å²) in [6.45, 7) is 1.72. The summed E-state index contributed by atoms with van der Waals surface area (Å²) in [6, 6.07) is 9.50. The second kappa shape index (κ2) is 9.39. The van der Waals surface area contributed by atoms with Crippen LogP contribution in [0.5, 0.6) is 5.75 Å². The third kappa shape index (κ3) is 5.23. The van der Waals surface area contributed by atoms with Crippen molar-refractivity contribution in [2.24, 2.45) is 0 Å². The van der Waals surface area contributed by atoms with Crippen molar-refractivity contribution in [1.82, 2.24) is 9.97 Å². The van der Waals surface area contributed by atoms with E-state index in [0.717, 1.165) is 12.0 Å². The predicted octanol–water partition coefficient (Wildman–Crippen LogP) is 5.36. The number of halogens is 2. The van der Waals surface area contributed by atoms with Gasteiger partial charge >= 0.3 is 0 Å². The Morgan fingerprint density at radius 1 is 0.966 bits per heavy atom. The number of hydrogen-bond donors (Lipinski definition) is 2. The van der Waals surface area contributed by atoms with Crippen LogP contribution in [-0.4, -0.2) is 26.3 Å². The summed E-state index contributed by atoms with van der Waals surface area (Å²) in [6.07, 6.45) is 8.12. The monoisotopic (exact) mass is 396 g/mol. The minimum atomic E-state index is -0.992. The van der Waals surface area contributed by atoms with Crippen LogP contribution in [0.25, 0.3) is 28.6 Å². The molecule has 0 aliphatic rings. The van der Waals surface area contributed by atoms with Crippen LogP contribution in [0.1, 0.15) is 31.7 Å². The van der Waals surface area contributed by atoms with Gasteiger partial charge in [0.05, 0.1) is 11.7 Å². The summed E-state index contributed by atoms with van der Waals surface area (Å²) < 4.78 is 29.0. The van der Waals surface area contributed by atoms with Crippen LogP contribution in [0, 0.1) is 11.6 Å². The van der Waals surface area contributed by atoms with E-state index < -0.39 is 11.6 Å². The van der Waals surface area contributed by atoms with Gasteiger partial charge in [-0.2, -0.15) is 0 Å². The van der Waals surface area contributed by atoms with Gasteiger partial charge < -0.3 is 10.2 Å². The molecule has 0 saturated carbocycles. The number of aromatic nitrogens is 2. The van der Waals surface area contributed by atoms with E-state index >= 15 is 0 Å². The molecule has 29 heavy (non-hydrogen) atoms. The van der Waals surface area contributed by atoms with Crippen molar-refractivity contribution in [2.75, 3.05) is 0 Å². The topological polar surface area (TPSA) is 66.2 Å². The third-order valence-corrected chi connectivity index (χ3v) is 4.50. The molecule has 0 fully saturated rings. The lowest BCUT2D eigenvalue weighted by Gasteiger charge is -2.07. The number of aliphatic hydroxyl groups excluding tert-OH is 1. The van der Waals surface area contributed by atoms with Gasteiger partial charge in [0.15, 0.2) is 17.5 Å². The second-order valence-electron chi connectivity index (χ2n) is 6.85. The quantitative estimate of drug-likeness (QED) is 0.528.